The maximum Gasteiger partial charge on any atom is 0.116 e. The molecule has 0 aliphatic rings. The first kappa shape index (κ1) is 10.2. The third-order valence-electron chi connectivity index (χ3n) is 2.67. The van der Waals surface area contributed by atoms with Crippen LogP contribution < -0.4 is 0 Å². The van der Waals surface area contributed by atoms with Crippen LogP contribution >= 0.6 is 11.6 Å². The third kappa shape index (κ3) is 1.56. The Kier molecular flexibility index (Phi) is 2.09. The van der Waals surface area contributed by atoms with E-state index >= 15 is 0 Å². The van der Waals surface area contributed by atoms with Gasteiger partial charge in [0.1, 0.15) is 11.5 Å². The van der Waals surface area contributed by atoms with E-state index in [2.05, 4.69) is 4.98 Å². The quantitative estimate of drug-likeness (QED) is 0.597. The van der Waals surface area contributed by atoms with E-state index in [1.54, 1.807) is 36.4 Å². The van der Waals surface area contributed by atoms with Crippen molar-refractivity contribution in [1.82, 2.24) is 4.98 Å². The summed E-state index contributed by atoms with van der Waals surface area (Å²) in [5, 5.41) is 20.7. The van der Waals surface area contributed by atoms with Crippen molar-refractivity contribution >= 4 is 33.4 Å². The predicted molar refractivity (Wildman–Crippen MR) is 67.6 cm³/mol. The molecular weight excluding hydrogens is 238 g/mol. The number of nitrogens with zero attached hydrogens (tertiary/aromatic N) is 1. The second-order valence-corrected chi connectivity index (χ2v) is 4.21. The van der Waals surface area contributed by atoms with Crippen LogP contribution in [0.15, 0.2) is 36.4 Å². The lowest BCUT2D eigenvalue weighted by Crippen LogP contribution is -1.84. The highest BCUT2D eigenvalue weighted by molar-refractivity contribution is 6.40. The molecule has 2 aromatic carbocycles. The van der Waals surface area contributed by atoms with Crippen LogP contribution in [-0.2, 0) is 0 Å². The zero-order valence-electron chi connectivity index (χ0n) is 8.68. The van der Waals surface area contributed by atoms with Gasteiger partial charge in [0.15, 0.2) is 0 Å². The van der Waals surface area contributed by atoms with Crippen molar-refractivity contribution in [3.63, 3.8) is 0 Å². The van der Waals surface area contributed by atoms with Crippen LogP contribution in [0.4, 0.5) is 0 Å². The lowest BCUT2D eigenvalue weighted by molar-refractivity contribution is 0.476. The van der Waals surface area contributed by atoms with E-state index in [0.29, 0.717) is 26.8 Å². The molecule has 0 saturated heterocycles. The molecule has 2 N–H and O–H groups in total. The lowest BCUT2D eigenvalue weighted by atomic mass is 10.1. The Morgan fingerprint density at radius 2 is 1.29 bits per heavy atom. The first-order valence-electron chi connectivity index (χ1n) is 5.06. The van der Waals surface area contributed by atoms with E-state index in [0.717, 1.165) is 0 Å². The molecule has 0 bridgehead atoms. The van der Waals surface area contributed by atoms with Crippen LogP contribution in [0.5, 0.6) is 11.5 Å². The number of phenols is 2. The average Bonchev–Trinajstić information content (AvgIpc) is 2.32. The first-order valence-corrected chi connectivity index (χ1v) is 5.44. The maximum absolute atomic E-state index is 9.45. The molecule has 1 heterocycles. The summed E-state index contributed by atoms with van der Waals surface area (Å²) in [5.74, 6) is 0.279. The van der Waals surface area contributed by atoms with E-state index in [1.165, 1.54) is 0 Å². The summed E-state index contributed by atoms with van der Waals surface area (Å²) in [6.07, 6.45) is 0. The van der Waals surface area contributed by atoms with Gasteiger partial charge in [-0.05, 0) is 36.4 Å². The molecule has 1 aromatic heterocycles. The predicted octanol–water partition coefficient (Wildman–Crippen LogP) is 3.45. The molecule has 0 fully saturated rings. The van der Waals surface area contributed by atoms with Crippen molar-refractivity contribution in [2.45, 2.75) is 0 Å². The van der Waals surface area contributed by atoms with Crippen molar-refractivity contribution in [1.29, 1.82) is 0 Å². The highest BCUT2D eigenvalue weighted by Gasteiger charge is 2.08. The smallest absolute Gasteiger partial charge is 0.116 e. The number of hydrogen-bond acceptors (Lipinski definition) is 3. The highest BCUT2D eigenvalue weighted by atomic mass is 35.5. The minimum absolute atomic E-state index is 0.140. The molecule has 3 aromatic rings. The normalized spacial score (nSPS) is 11.1. The highest BCUT2D eigenvalue weighted by Crippen LogP contribution is 2.33. The Labute approximate surface area is 102 Å². The first-order chi connectivity index (χ1) is 8.15. The fourth-order valence-electron chi connectivity index (χ4n) is 1.87. The zero-order chi connectivity index (χ0) is 12.0. The largest absolute Gasteiger partial charge is 0.508 e. The SMILES string of the molecule is Oc1ccc2nc3ccc(O)cc3c(Cl)c2c1. The molecule has 0 amide bonds. The van der Waals surface area contributed by atoms with Gasteiger partial charge in [0.05, 0.1) is 16.1 Å². The Morgan fingerprint density at radius 1 is 0.824 bits per heavy atom. The summed E-state index contributed by atoms with van der Waals surface area (Å²) in [6.45, 7) is 0. The van der Waals surface area contributed by atoms with E-state index in [-0.39, 0.29) is 11.5 Å². The molecular formula is C13H8ClNO2. The summed E-state index contributed by atoms with van der Waals surface area (Å²) in [6, 6.07) is 9.68. The van der Waals surface area contributed by atoms with Gasteiger partial charge in [-0.25, -0.2) is 4.98 Å². The van der Waals surface area contributed by atoms with Gasteiger partial charge in [-0.15, -0.1) is 0 Å². The molecule has 0 spiro atoms. The summed E-state index contributed by atoms with van der Waals surface area (Å²) < 4.78 is 0. The Balaban J connectivity index is 2.53. The van der Waals surface area contributed by atoms with Crippen LogP contribution in [0.3, 0.4) is 0 Å². The Bertz CT molecular complexity index is 680. The monoisotopic (exact) mass is 245 g/mol. The van der Waals surface area contributed by atoms with Crippen molar-refractivity contribution in [2.75, 3.05) is 0 Å². The number of benzene rings is 2. The molecule has 0 atom stereocenters. The average molecular weight is 246 g/mol. The van der Waals surface area contributed by atoms with Gasteiger partial charge in [0.25, 0.3) is 0 Å². The standard InChI is InChI=1S/C13H8ClNO2/c14-13-9-5-7(16)1-3-11(9)15-12-4-2-8(17)6-10(12)13/h1-6,16-17H. The summed E-state index contributed by atoms with van der Waals surface area (Å²) in [5.41, 5.74) is 1.43. The summed E-state index contributed by atoms with van der Waals surface area (Å²) in [7, 11) is 0. The Morgan fingerprint density at radius 3 is 1.76 bits per heavy atom. The van der Waals surface area contributed by atoms with Gasteiger partial charge in [-0.2, -0.15) is 0 Å². The fraction of sp³-hybridized carbons (Fsp3) is 0. The number of rotatable bonds is 0. The Hall–Kier alpha value is -2.00. The van der Waals surface area contributed by atoms with Gasteiger partial charge in [-0.3, -0.25) is 0 Å². The molecule has 3 nitrogen and oxygen atoms in total. The number of fused-ring (bicyclic) bond motifs is 2. The van der Waals surface area contributed by atoms with E-state index in [9.17, 15) is 10.2 Å². The number of pyridine rings is 1. The topological polar surface area (TPSA) is 53.4 Å². The lowest BCUT2D eigenvalue weighted by Gasteiger charge is -2.06. The van der Waals surface area contributed by atoms with Gasteiger partial charge in [0.2, 0.25) is 0 Å². The second-order valence-electron chi connectivity index (χ2n) is 3.83. The molecule has 0 radical (unpaired) electrons. The van der Waals surface area contributed by atoms with Crippen LogP contribution in [0.1, 0.15) is 0 Å². The van der Waals surface area contributed by atoms with Crippen molar-refractivity contribution in [3.05, 3.63) is 41.4 Å². The summed E-state index contributed by atoms with van der Waals surface area (Å²) in [4.78, 5) is 4.41. The van der Waals surface area contributed by atoms with Gasteiger partial charge in [-0.1, -0.05) is 11.6 Å². The number of aromatic hydroxyl groups is 2. The maximum atomic E-state index is 9.45. The number of hydrogen-bond donors (Lipinski definition) is 2. The summed E-state index contributed by atoms with van der Waals surface area (Å²) >= 11 is 6.26. The van der Waals surface area contributed by atoms with Crippen LogP contribution in [0, 0.1) is 0 Å². The van der Waals surface area contributed by atoms with Crippen molar-refractivity contribution < 1.29 is 10.2 Å². The minimum Gasteiger partial charge on any atom is -0.508 e. The number of halogens is 1. The molecule has 17 heavy (non-hydrogen) atoms. The van der Waals surface area contributed by atoms with E-state index in [1.807, 2.05) is 0 Å². The number of aromatic nitrogens is 1. The van der Waals surface area contributed by atoms with Crippen LogP contribution in [0.2, 0.25) is 5.02 Å². The van der Waals surface area contributed by atoms with Gasteiger partial charge in [0, 0.05) is 10.8 Å². The van der Waals surface area contributed by atoms with Gasteiger partial charge >= 0.3 is 0 Å². The molecule has 0 aliphatic heterocycles. The van der Waals surface area contributed by atoms with Gasteiger partial charge < -0.3 is 10.2 Å². The third-order valence-corrected chi connectivity index (χ3v) is 3.08. The van der Waals surface area contributed by atoms with Crippen LogP contribution in [-0.4, -0.2) is 15.2 Å². The van der Waals surface area contributed by atoms with E-state index in [4.69, 9.17) is 11.6 Å². The molecule has 84 valence electrons. The molecule has 0 aliphatic carbocycles. The molecule has 3 rings (SSSR count). The molecule has 0 saturated carbocycles. The fourth-order valence-corrected chi connectivity index (χ4v) is 2.17. The van der Waals surface area contributed by atoms with Crippen molar-refractivity contribution in [3.8, 4) is 11.5 Å². The number of phenolic OH excluding ortho intramolecular Hbond substituents is 2. The minimum atomic E-state index is 0.140. The van der Waals surface area contributed by atoms with Crippen molar-refractivity contribution in [2.24, 2.45) is 0 Å². The van der Waals surface area contributed by atoms with E-state index < -0.39 is 0 Å². The van der Waals surface area contributed by atoms with Crippen LogP contribution in [0.25, 0.3) is 21.8 Å². The molecule has 0 unspecified atom stereocenters. The molecule has 4 heteroatoms. The zero-order valence-corrected chi connectivity index (χ0v) is 9.44. The second kappa shape index (κ2) is 3.50.